The van der Waals surface area contributed by atoms with Gasteiger partial charge in [0.15, 0.2) is 0 Å². The Morgan fingerprint density at radius 3 is 1.88 bits per heavy atom. The highest BCUT2D eigenvalue weighted by molar-refractivity contribution is 6.30. The molecule has 6 heteroatoms. The van der Waals surface area contributed by atoms with Crippen LogP contribution in [0.5, 0.6) is 0 Å². The van der Waals surface area contributed by atoms with Crippen molar-refractivity contribution in [2.24, 2.45) is 0 Å². The molecule has 0 aliphatic rings. The van der Waals surface area contributed by atoms with E-state index in [0.717, 1.165) is 5.56 Å². The van der Waals surface area contributed by atoms with Crippen LogP contribution in [0, 0.1) is 0 Å². The molecule has 82 valence electrons. The van der Waals surface area contributed by atoms with E-state index in [1.165, 1.54) is 0 Å². The van der Waals surface area contributed by atoms with E-state index in [0.29, 0.717) is 10.6 Å². The number of anilines is 3. The van der Waals surface area contributed by atoms with Crippen LogP contribution in [-0.4, -0.2) is 9.97 Å². The molecule has 1 aromatic carbocycles. The Hall–Kier alpha value is -2.01. The minimum Gasteiger partial charge on any atom is -0.383 e. The monoisotopic (exact) mass is 235 g/mol. The minimum absolute atomic E-state index is 0.0627. The fraction of sp³-hybridized carbons (Fsp3) is 0. The van der Waals surface area contributed by atoms with Gasteiger partial charge >= 0.3 is 0 Å². The number of nitrogens with two attached hydrogens (primary N) is 3. The lowest BCUT2D eigenvalue weighted by Crippen LogP contribution is -2.06. The van der Waals surface area contributed by atoms with Gasteiger partial charge in [0.2, 0.25) is 5.95 Å². The zero-order valence-corrected chi connectivity index (χ0v) is 9.07. The average molecular weight is 236 g/mol. The van der Waals surface area contributed by atoms with Gasteiger partial charge < -0.3 is 17.2 Å². The zero-order chi connectivity index (χ0) is 11.7. The highest BCUT2D eigenvalue weighted by Gasteiger charge is 2.10. The Labute approximate surface area is 97.3 Å². The average Bonchev–Trinajstić information content (AvgIpc) is 2.19. The van der Waals surface area contributed by atoms with Gasteiger partial charge in [0.25, 0.3) is 0 Å². The first-order valence-corrected chi connectivity index (χ1v) is 4.90. The maximum Gasteiger partial charge on any atom is 0.223 e. The van der Waals surface area contributed by atoms with Gasteiger partial charge in [-0.25, -0.2) is 0 Å². The molecule has 0 unspecified atom stereocenters. The second-order valence-corrected chi connectivity index (χ2v) is 3.67. The topological polar surface area (TPSA) is 104 Å². The molecule has 0 aliphatic carbocycles. The third kappa shape index (κ3) is 1.85. The van der Waals surface area contributed by atoms with Gasteiger partial charge in [-0.2, -0.15) is 9.97 Å². The summed E-state index contributed by atoms with van der Waals surface area (Å²) >= 11 is 5.79. The zero-order valence-electron chi connectivity index (χ0n) is 8.31. The molecule has 0 atom stereocenters. The predicted octanol–water partition coefficient (Wildman–Crippen LogP) is 1.54. The molecule has 1 heterocycles. The van der Waals surface area contributed by atoms with Crippen molar-refractivity contribution in [3.05, 3.63) is 29.3 Å². The fourth-order valence-electron chi connectivity index (χ4n) is 1.43. The van der Waals surface area contributed by atoms with E-state index < -0.39 is 0 Å². The summed E-state index contributed by atoms with van der Waals surface area (Å²) in [7, 11) is 0. The summed E-state index contributed by atoms with van der Waals surface area (Å²) in [4.78, 5) is 7.73. The van der Waals surface area contributed by atoms with Crippen LogP contribution in [0.2, 0.25) is 5.02 Å². The smallest absolute Gasteiger partial charge is 0.223 e. The third-order valence-electron chi connectivity index (χ3n) is 2.12. The Bertz CT molecular complexity index is 500. The summed E-state index contributed by atoms with van der Waals surface area (Å²) < 4.78 is 0. The molecular weight excluding hydrogens is 226 g/mol. The lowest BCUT2D eigenvalue weighted by atomic mass is 10.1. The first-order valence-electron chi connectivity index (χ1n) is 4.52. The molecular formula is C10H10ClN5. The van der Waals surface area contributed by atoms with Gasteiger partial charge in [-0.1, -0.05) is 23.7 Å². The van der Waals surface area contributed by atoms with Crippen molar-refractivity contribution >= 4 is 29.2 Å². The lowest BCUT2D eigenvalue weighted by molar-refractivity contribution is 1.20. The van der Waals surface area contributed by atoms with Crippen LogP contribution in [0.25, 0.3) is 11.1 Å². The molecule has 6 N–H and O–H groups in total. The Morgan fingerprint density at radius 1 is 0.875 bits per heavy atom. The standard InChI is InChI=1S/C10H10ClN5/c11-6-3-1-5(2-4-6)7-8(12)15-10(14)16-9(7)13/h1-4H,(H6,12,13,14,15,16). The predicted molar refractivity (Wildman–Crippen MR) is 65.7 cm³/mol. The molecule has 2 aromatic rings. The Balaban J connectivity index is 2.60. The van der Waals surface area contributed by atoms with Crippen LogP contribution >= 0.6 is 11.6 Å². The van der Waals surface area contributed by atoms with Gasteiger partial charge in [0.1, 0.15) is 11.6 Å². The summed E-state index contributed by atoms with van der Waals surface area (Å²) in [5.41, 5.74) is 18.3. The summed E-state index contributed by atoms with van der Waals surface area (Å²) in [5.74, 6) is 0.576. The first-order chi connectivity index (χ1) is 7.58. The quantitative estimate of drug-likeness (QED) is 0.696. The van der Waals surface area contributed by atoms with E-state index in [9.17, 15) is 0 Å². The van der Waals surface area contributed by atoms with E-state index in [1.807, 2.05) is 0 Å². The van der Waals surface area contributed by atoms with Crippen molar-refractivity contribution in [2.75, 3.05) is 17.2 Å². The lowest BCUT2D eigenvalue weighted by Gasteiger charge is -2.08. The van der Waals surface area contributed by atoms with Crippen LogP contribution in [0.4, 0.5) is 17.6 Å². The number of rotatable bonds is 1. The molecule has 5 nitrogen and oxygen atoms in total. The van der Waals surface area contributed by atoms with E-state index in [2.05, 4.69) is 9.97 Å². The fourth-order valence-corrected chi connectivity index (χ4v) is 1.55. The van der Waals surface area contributed by atoms with Crippen LogP contribution in [0.15, 0.2) is 24.3 Å². The number of benzene rings is 1. The molecule has 16 heavy (non-hydrogen) atoms. The van der Waals surface area contributed by atoms with Crippen LogP contribution in [0.3, 0.4) is 0 Å². The van der Waals surface area contributed by atoms with Crippen molar-refractivity contribution in [3.63, 3.8) is 0 Å². The van der Waals surface area contributed by atoms with Gasteiger partial charge in [-0.15, -0.1) is 0 Å². The van der Waals surface area contributed by atoms with Gasteiger partial charge in [0, 0.05) is 5.02 Å². The highest BCUT2D eigenvalue weighted by atomic mass is 35.5. The van der Waals surface area contributed by atoms with Crippen molar-refractivity contribution in [2.45, 2.75) is 0 Å². The minimum atomic E-state index is 0.0627. The highest BCUT2D eigenvalue weighted by Crippen LogP contribution is 2.30. The molecule has 0 radical (unpaired) electrons. The van der Waals surface area contributed by atoms with E-state index in [1.54, 1.807) is 24.3 Å². The van der Waals surface area contributed by atoms with Crippen molar-refractivity contribution in [1.82, 2.24) is 9.97 Å². The van der Waals surface area contributed by atoms with Crippen molar-refractivity contribution in [1.29, 1.82) is 0 Å². The number of halogens is 1. The van der Waals surface area contributed by atoms with E-state index >= 15 is 0 Å². The molecule has 0 saturated carbocycles. The maximum absolute atomic E-state index is 5.79. The van der Waals surface area contributed by atoms with E-state index in [4.69, 9.17) is 28.8 Å². The first kappa shape index (κ1) is 10.5. The second-order valence-electron chi connectivity index (χ2n) is 3.23. The number of aromatic nitrogens is 2. The molecule has 0 spiro atoms. The van der Waals surface area contributed by atoms with Crippen LogP contribution in [0.1, 0.15) is 0 Å². The van der Waals surface area contributed by atoms with Gasteiger partial charge in [0.05, 0.1) is 5.56 Å². The van der Waals surface area contributed by atoms with Gasteiger partial charge in [-0.3, -0.25) is 0 Å². The SMILES string of the molecule is Nc1nc(N)c(-c2ccc(Cl)cc2)c(N)n1. The molecule has 1 aromatic heterocycles. The van der Waals surface area contributed by atoms with Crippen LogP contribution in [-0.2, 0) is 0 Å². The maximum atomic E-state index is 5.79. The number of nitrogen functional groups attached to an aromatic ring is 3. The summed E-state index contributed by atoms with van der Waals surface area (Å²) in [5, 5.41) is 0.636. The molecule has 2 rings (SSSR count). The third-order valence-corrected chi connectivity index (χ3v) is 2.37. The largest absolute Gasteiger partial charge is 0.383 e. The Kier molecular flexibility index (Phi) is 2.54. The molecule has 0 aliphatic heterocycles. The van der Waals surface area contributed by atoms with Crippen LogP contribution < -0.4 is 17.2 Å². The second kappa shape index (κ2) is 3.86. The van der Waals surface area contributed by atoms with Gasteiger partial charge in [-0.05, 0) is 17.7 Å². The van der Waals surface area contributed by atoms with E-state index in [-0.39, 0.29) is 17.6 Å². The number of hydrogen-bond acceptors (Lipinski definition) is 5. The normalized spacial score (nSPS) is 10.3. The van der Waals surface area contributed by atoms with Crippen molar-refractivity contribution < 1.29 is 0 Å². The Morgan fingerprint density at radius 2 is 1.38 bits per heavy atom. The number of hydrogen-bond donors (Lipinski definition) is 3. The molecule has 0 bridgehead atoms. The summed E-state index contributed by atoms with van der Waals surface area (Å²) in [6.45, 7) is 0. The van der Waals surface area contributed by atoms with Crippen molar-refractivity contribution in [3.8, 4) is 11.1 Å². The molecule has 0 amide bonds. The summed E-state index contributed by atoms with van der Waals surface area (Å²) in [6, 6.07) is 7.08. The molecule has 0 saturated heterocycles. The summed E-state index contributed by atoms with van der Waals surface area (Å²) in [6.07, 6.45) is 0. The number of nitrogens with zero attached hydrogens (tertiary/aromatic N) is 2. The molecule has 0 fully saturated rings.